The fourth-order valence-corrected chi connectivity index (χ4v) is 5.96. The van der Waals surface area contributed by atoms with Gasteiger partial charge >= 0.3 is 0 Å². The maximum Gasteiger partial charge on any atom is 0.247 e. The summed E-state index contributed by atoms with van der Waals surface area (Å²) in [5.41, 5.74) is 12.1. The molecule has 0 N–H and O–H groups in total. The van der Waals surface area contributed by atoms with E-state index < -0.39 is 0 Å². The van der Waals surface area contributed by atoms with Gasteiger partial charge in [-0.2, -0.15) is 5.26 Å². The van der Waals surface area contributed by atoms with Gasteiger partial charge in [0.1, 0.15) is 0 Å². The molecule has 1 heterocycles. The molecule has 0 radical (unpaired) electrons. The lowest BCUT2D eigenvalue weighted by Gasteiger charge is -2.39. The van der Waals surface area contributed by atoms with E-state index in [2.05, 4.69) is 118 Å². The summed E-state index contributed by atoms with van der Waals surface area (Å²) in [5.74, 6) is 1.21. The van der Waals surface area contributed by atoms with Crippen LogP contribution in [0.2, 0.25) is 0 Å². The quantitative estimate of drug-likeness (QED) is 0.180. The van der Waals surface area contributed by atoms with Crippen molar-refractivity contribution in [2.24, 2.45) is 0 Å². The smallest absolute Gasteiger partial charge is 0.247 e. The van der Waals surface area contributed by atoms with Crippen molar-refractivity contribution < 1.29 is 0 Å². The van der Waals surface area contributed by atoms with Crippen LogP contribution in [0.25, 0.3) is 4.85 Å². The van der Waals surface area contributed by atoms with Gasteiger partial charge in [0.05, 0.1) is 12.6 Å². The SMILES string of the molecule is [C-]#[N+]c1cc(C#N)cc(N2c3ccccc3B(c3c(C(C)C)cc(C(C)C)cc3C(C)C)c3ccccc32)c1. The first kappa shape index (κ1) is 26.3. The Morgan fingerprint density at radius 3 is 1.74 bits per heavy atom. The van der Waals surface area contributed by atoms with E-state index in [1.54, 1.807) is 6.07 Å². The van der Waals surface area contributed by atoms with Gasteiger partial charge in [0, 0.05) is 22.6 Å². The van der Waals surface area contributed by atoms with Crippen molar-refractivity contribution in [3.8, 4) is 6.07 Å². The molecule has 39 heavy (non-hydrogen) atoms. The number of para-hydroxylation sites is 2. The molecule has 0 atom stereocenters. The summed E-state index contributed by atoms with van der Waals surface area (Å²) < 4.78 is 0. The van der Waals surface area contributed by atoms with Crippen LogP contribution in [0, 0.1) is 17.9 Å². The van der Waals surface area contributed by atoms with E-state index in [4.69, 9.17) is 6.57 Å². The molecule has 4 aromatic rings. The molecule has 3 nitrogen and oxygen atoms in total. The minimum Gasteiger partial charge on any atom is -0.313 e. The fourth-order valence-electron chi connectivity index (χ4n) is 5.96. The van der Waals surface area contributed by atoms with E-state index in [0.29, 0.717) is 29.0 Å². The second-order valence-electron chi connectivity index (χ2n) is 11.4. The number of nitriles is 1. The molecule has 1 aliphatic rings. The Morgan fingerprint density at radius 1 is 0.744 bits per heavy atom. The van der Waals surface area contributed by atoms with Gasteiger partial charge in [0.2, 0.25) is 6.71 Å². The standard InChI is InChI=1S/C35H34BN3/c1-22(2)26-18-29(23(3)4)35(30(19-26)24(5)6)36-31-12-8-10-14-33(31)39(34-15-11-9-13-32(34)36)28-17-25(21-37)16-27(20-28)38-7/h8-20,22-24H,1-6H3. The predicted molar refractivity (Wildman–Crippen MR) is 165 cm³/mol. The minimum absolute atomic E-state index is 0.0733. The minimum atomic E-state index is 0.0733. The van der Waals surface area contributed by atoms with E-state index >= 15 is 0 Å². The van der Waals surface area contributed by atoms with E-state index in [0.717, 1.165) is 17.1 Å². The molecule has 1 aliphatic heterocycles. The van der Waals surface area contributed by atoms with Gasteiger partial charge in [-0.1, -0.05) is 95.5 Å². The van der Waals surface area contributed by atoms with Crippen molar-refractivity contribution in [2.75, 3.05) is 4.90 Å². The monoisotopic (exact) mass is 507 g/mol. The van der Waals surface area contributed by atoms with Crippen LogP contribution in [0.1, 0.15) is 81.5 Å². The van der Waals surface area contributed by atoms with Crippen molar-refractivity contribution in [2.45, 2.75) is 59.3 Å². The van der Waals surface area contributed by atoms with Crippen LogP contribution in [0.4, 0.5) is 22.7 Å². The zero-order valence-electron chi connectivity index (χ0n) is 23.7. The maximum absolute atomic E-state index is 9.72. The molecule has 0 spiro atoms. The molecule has 0 fully saturated rings. The fraction of sp³-hybridized carbons (Fsp3) is 0.257. The molecule has 192 valence electrons. The van der Waals surface area contributed by atoms with Crippen LogP contribution >= 0.6 is 0 Å². The summed E-state index contributed by atoms with van der Waals surface area (Å²) in [7, 11) is 0. The molecule has 0 bridgehead atoms. The Balaban J connectivity index is 1.85. The Kier molecular flexibility index (Phi) is 7.07. The highest BCUT2D eigenvalue weighted by Crippen LogP contribution is 2.39. The summed E-state index contributed by atoms with van der Waals surface area (Å²) in [6.45, 7) is 21.5. The number of hydrogen-bond donors (Lipinski definition) is 0. The molecule has 4 aromatic carbocycles. The first-order valence-corrected chi connectivity index (χ1v) is 13.8. The lowest BCUT2D eigenvalue weighted by atomic mass is 9.33. The zero-order chi connectivity index (χ0) is 27.8. The Hall–Kier alpha value is -4.28. The normalized spacial score (nSPS) is 12.4. The van der Waals surface area contributed by atoms with Crippen LogP contribution in [-0.2, 0) is 0 Å². The van der Waals surface area contributed by atoms with Crippen LogP contribution in [-0.4, -0.2) is 6.71 Å². The third-order valence-corrected chi connectivity index (χ3v) is 7.86. The maximum atomic E-state index is 9.72. The van der Waals surface area contributed by atoms with E-state index in [1.165, 1.54) is 33.1 Å². The third-order valence-electron chi connectivity index (χ3n) is 7.86. The summed E-state index contributed by atoms with van der Waals surface area (Å²) in [5, 5.41) is 9.72. The number of anilines is 3. The molecule has 0 saturated heterocycles. The molecular weight excluding hydrogens is 473 g/mol. The largest absolute Gasteiger partial charge is 0.313 e. The number of rotatable bonds is 5. The molecule has 0 amide bonds. The van der Waals surface area contributed by atoms with E-state index in [1.807, 2.05) is 12.1 Å². The second kappa shape index (κ2) is 10.5. The lowest BCUT2D eigenvalue weighted by Crippen LogP contribution is -2.59. The van der Waals surface area contributed by atoms with Gasteiger partial charge < -0.3 is 4.90 Å². The number of benzene rings is 4. The number of fused-ring (bicyclic) bond motifs is 2. The van der Waals surface area contributed by atoms with Crippen molar-refractivity contribution in [1.82, 2.24) is 0 Å². The van der Waals surface area contributed by atoms with E-state index in [-0.39, 0.29) is 6.71 Å². The predicted octanol–water partition coefficient (Wildman–Crippen LogP) is 7.78. The molecule has 5 rings (SSSR count). The van der Waals surface area contributed by atoms with Gasteiger partial charge in [-0.05, 0) is 75.7 Å². The van der Waals surface area contributed by atoms with Gasteiger partial charge in [-0.25, -0.2) is 4.85 Å². The van der Waals surface area contributed by atoms with Gasteiger partial charge in [0.15, 0.2) is 5.69 Å². The highest BCUT2D eigenvalue weighted by Gasteiger charge is 2.38. The average molecular weight is 507 g/mol. The van der Waals surface area contributed by atoms with E-state index in [9.17, 15) is 5.26 Å². The average Bonchev–Trinajstić information content (AvgIpc) is 2.94. The van der Waals surface area contributed by atoms with Gasteiger partial charge in [0.25, 0.3) is 0 Å². The van der Waals surface area contributed by atoms with Crippen LogP contribution in [0.5, 0.6) is 0 Å². The van der Waals surface area contributed by atoms with Crippen molar-refractivity contribution in [1.29, 1.82) is 5.26 Å². The number of hydrogen-bond acceptors (Lipinski definition) is 2. The lowest BCUT2D eigenvalue weighted by molar-refractivity contribution is 0.812. The molecule has 0 unspecified atom stereocenters. The van der Waals surface area contributed by atoms with Crippen LogP contribution < -0.4 is 21.3 Å². The summed E-state index contributed by atoms with van der Waals surface area (Å²) in [6, 6.07) is 29.8. The van der Waals surface area contributed by atoms with Crippen molar-refractivity contribution in [3.63, 3.8) is 0 Å². The molecule has 0 aromatic heterocycles. The topological polar surface area (TPSA) is 31.4 Å². The molecule has 0 aliphatic carbocycles. The molecular formula is C35H34BN3. The highest BCUT2D eigenvalue weighted by atomic mass is 15.1. The van der Waals surface area contributed by atoms with Gasteiger partial charge in [-0.15, -0.1) is 0 Å². The van der Waals surface area contributed by atoms with Crippen LogP contribution in [0.15, 0.2) is 78.9 Å². The molecule has 0 saturated carbocycles. The Bertz CT molecular complexity index is 1530. The van der Waals surface area contributed by atoms with Crippen LogP contribution in [0.3, 0.4) is 0 Å². The Morgan fingerprint density at radius 2 is 1.28 bits per heavy atom. The van der Waals surface area contributed by atoms with Gasteiger partial charge in [-0.3, -0.25) is 0 Å². The molecule has 4 heteroatoms. The summed E-state index contributed by atoms with van der Waals surface area (Å²) in [6.07, 6.45) is 0. The Labute approximate surface area is 233 Å². The summed E-state index contributed by atoms with van der Waals surface area (Å²) in [4.78, 5) is 5.89. The zero-order valence-corrected chi connectivity index (χ0v) is 23.7. The summed E-state index contributed by atoms with van der Waals surface area (Å²) >= 11 is 0. The first-order chi connectivity index (χ1) is 18.7. The van der Waals surface area contributed by atoms with Crippen molar-refractivity contribution in [3.05, 3.63) is 113 Å². The first-order valence-electron chi connectivity index (χ1n) is 13.8. The third kappa shape index (κ3) is 4.62. The van der Waals surface area contributed by atoms with Crippen molar-refractivity contribution >= 4 is 45.9 Å². The number of nitrogens with zero attached hydrogens (tertiary/aromatic N) is 3. The second-order valence-corrected chi connectivity index (χ2v) is 11.4. The highest BCUT2D eigenvalue weighted by molar-refractivity contribution is 6.98.